The van der Waals surface area contributed by atoms with E-state index in [1.165, 1.54) is 16.5 Å². The van der Waals surface area contributed by atoms with Crippen molar-refractivity contribution in [2.75, 3.05) is 13.1 Å². The first kappa shape index (κ1) is 14.3. The Morgan fingerprint density at radius 1 is 1.17 bits per heavy atom. The van der Waals surface area contributed by atoms with Crippen LogP contribution in [-0.2, 0) is 11.2 Å². The fourth-order valence-electron chi connectivity index (χ4n) is 1.80. The molecule has 1 amide bonds. The topological polar surface area (TPSA) is 36.1 Å². The monoisotopic (exact) mass is 246 g/mol. The standard InChI is InChI=1S/C10H11N.C5H11NO/c1-2-8-7-11-10-6-4-3-5-9(8)10;1-3-6(4-2)5-7/h3-7,11H,2H2,1H3;5H,3-4H2,1-2H3. The number of rotatable bonds is 4. The summed E-state index contributed by atoms with van der Waals surface area (Å²) in [6.45, 7) is 7.73. The number of nitrogens with zero attached hydrogens (tertiary/aromatic N) is 1. The van der Waals surface area contributed by atoms with Crippen LogP contribution in [0.1, 0.15) is 26.3 Å². The first-order valence-electron chi connectivity index (χ1n) is 6.51. The summed E-state index contributed by atoms with van der Waals surface area (Å²) in [5.74, 6) is 0. The molecule has 1 heterocycles. The maximum atomic E-state index is 9.89. The quantitative estimate of drug-likeness (QED) is 0.826. The van der Waals surface area contributed by atoms with Gasteiger partial charge in [0.25, 0.3) is 0 Å². The molecule has 0 bridgehead atoms. The van der Waals surface area contributed by atoms with Gasteiger partial charge in [-0.2, -0.15) is 0 Å². The summed E-state index contributed by atoms with van der Waals surface area (Å²) >= 11 is 0. The van der Waals surface area contributed by atoms with E-state index < -0.39 is 0 Å². The van der Waals surface area contributed by atoms with E-state index in [4.69, 9.17) is 0 Å². The summed E-state index contributed by atoms with van der Waals surface area (Å²) in [4.78, 5) is 14.8. The van der Waals surface area contributed by atoms with E-state index >= 15 is 0 Å². The van der Waals surface area contributed by atoms with Crippen LogP contribution in [0.2, 0.25) is 0 Å². The first-order chi connectivity index (χ1) is 8.76. The molecular formula is C15H22N2O. The molecule has 2 aromatic rings. The minimum atomic E-state index is 0.819. The highest BCUT2D eigenvalue weighted by atomic mass is 16.1. The Bertz CT molecular complexity index is 472. The molecule has 0 saturated heterocycles. The predicted molar refractivity (Wildman–Crippen MR) is 76.7 cm³/mol. The number of aromatic amines is 1. The molecule has 18 heavy (non-hydrogen) atoms. The third-order valence-electron chi connectivity index (χ3n) is 3.02. The second kappa shape index (κ2) is 7.54. The van der Waals surface area contributed by atoms with Crippen LogP contribution in [0.15, 0.2) is 30.5 Å². The lowest BCUT2D eigenvalue weighted by Crippen LogP contribution is -2.19. The average Bonchev–Trinajstić information content (AvgIpc) is 2.84. The molecule has 0 atom stereocenters. The Balaban J connectivity index is 0.000000203. The number of aromatic nitrogens is 1. The molecule has 3 nitrogen and oxygen atoms in total. The molecule has 0 saturated carbocycles. The number of carbonyl (C=O) groups is 1. The van der Waals surface area contributed by atoms with E-state index in [1.54, 1.807) is 4.90 Å². The maximum Gasteiger partial charge on any atom is 0.209 e. The van der Waals surface area contributed by atoms with Crippen LogP contribution < -0.4 is 0 Å². The van der Waals surface area contributed by atoms with Crippen LogP contribution in [0.4, 0.5) is 0 Å². The Labute approximate surface area is 109 Å². The van der Waals surface area contributed by atoms with Gasteiger partial charge in [-0.15, -0.1) is 0 Å². The lowest BCUT2D eigenvalue weighted by atomic mass is 10.1. The highest BCUT2D eigenvalue weighted by Crippen LogP contribution is 2.17. The predicted octanol–water partition coefficient (Wildman–Crippen LogP) is 3.21. The van der Waals surface area contributed by atoms with Crippen molar-refractivity contribution in [3.8, 4) is 0 Å². The molecular weight excluding hydrogens is 224 g/mol. The van der Waals surface area contributed by atoms with Crippen molar-refractivity contribution >= 4 is 17.3 Å². The second-order valence-corrected chi connectivity index (χ2v) is 4.04. The minimum Gasteiger partial charge on any atom is -0.361 e. The number of hydrogen-bond acceptors (Lipinski definition) is 1. The Morgan fingerprint density at radius 3 is 2.33 bits per heavy atom. The van der Waals surface area contributed by atoms with Crippen molar-refractivity contribution in [1.29, 1.82) is 0 Å². The summed E-state index contributed by atoms with van der Waals surface area (Å²) < 4.78 is 0. The van der Waals surface area contributed by atoms with Crippen molar-refractivity contribution in [1.82, 2.24) is 9.88 Å². The maximum absolute atomic E-state index is 9.89. The zero-order chi connectivity index (χ0) is 13.4. The zero-order valence-corrected chi connectivity index (χ0v) is 11.4. The van der Waals surface area contributed by atoms with Gasteiger partial charge >= 0.3 is 0 Å². The number of amides is 1. The van der Waals surface area contributed by atoms with Crippen LogP contribution >= 0.6 is 0 Å². The molecule has 2 rings (SSSR count). The van der Waals surface area contributed by atoms with Crippen LogP contribution in [0.25, 0.3) is 10.9 Å². The molecule has 0 aliphatic carbocycles. The number of aryl methyl sites for hydroxylation is 1. The Kier molecular flexibility index (Phi) is 5.98. The van der Waals surface area contributed by atoms with Crippen molar-refractivity contribution in [3.63, 3.8) is 0 Å². The average molecular weight is 246 g/mol. The van der Waals surface area contributed by atoms with E-state index in [-0.39, 0.29) is 0 Å². The van der Waals surface area contributed by atoms with Gasteiger partial charge in [0, 0.05) is 30.2 Å². The minimum absolute atomic E-state index is 0.819. The summed E-state index contributed by atoms with van der Waals surface area (Å²) in [6.07, 6.45) is 4.05. The van der Waals surface area contributed by atoms with Crippen LogP contribution in [0.5, 0.6) is 0 Å². The number of fused-ring (bicyclic) bond motifs is 1. The molecule has 98 valence electrons. The molecule has 0 fully saturated rings. The molecule has 1 aromatic carbocycles. The van der Waals surface area contributed by atoms with E-state index in [0.717, 1.165) is 25.9 Å². The van der Waals surface area contributed by atoms with Gasteiger partial charge in [0.1, 0.15) is 0 Å². The molecule has 0 unspecified atom stereocenters. The van der Waals surface area contributed by atoms with Gasteiger partial charge in [-0.3, -0.25) is 4.79 Å². The number of benzene rings is 1. The summed E-state index contributed by atoms with van der Waals surface area (Å²) in [7, 11) is 0. The SMILES string of the molecule is CCN(C=O)CC.CCc1c[nH]c2ccccc12. The van der Waals surface area contributed by atoms with Crippen LogP contribution in [0, 0.1) is 0 Å². The Hall–Kier alpha value is -1.77. The Morgan fingerprint density at radius 2 is 1.83 bits per heavy atom. The molecule has 0 radical (unpaired) electrons. The van der Waals surface area contributed by atoms with Gasteiger partial charge in [0.15, 0.2) is 0 Å². The lowest BCUT2D eigenvalue weighted by Gasteiger charge is -2.08. The van der Waals surface area contributed by atoms with Crippen molar-refractivity contribution in [2.24, 2.45) is 0 Å². The van der Waals surface area contributed by atoms with Crippen LogP contribution in [0.3, 0.4) is 0 Å². The molecule has 1 N–H and O–H groups in total. The van der Waals surface area contributed by atoms with E-state index in [9.17, 15) is 4.79 Å². The number of carbonyl (C=O) groups excluding carboxylic acids is 1. The van der Waals surface area contributed by atoms with Gasteiger partial charge in [0.2, 0.25) is 6.41 Å². The largest absolute Gasteiger partial charge is 0.361 e. The molecule has 1 aromatic heterocycles. The fourth-order valence-corrected chi connectivity index (χ4v) is 1.80. The van der Waals surface area contributed by atoms with Crippen molar-refractivity contribution < 1.29 is 4.79 Å². The number of H-pyrrole nitrogens is 1. The van der Waals surface area contributed by atoms with Gasteiger partial charge in [0.05, 0.1) is 0 Å². The summed E-state index contributed by atoms with van der Waals surface area (Å²) in [6, 6.07) is 8.40. The number of nitrogens with one attached hydrogen (secondary N) is 1. The summed E-state index contributed by atoms with van der Waals surface area (Å²) in [5.41, 5.74) is 2.64. The molecule has 0 aliphatic heterocycles. The smallest absolute Gasteiger partial charge is 0.209 e. The van der Waals surface area contributed by atoms with Gasteiger partial charge in [-0.25, -0.2) is 0 Å². The number of para-hydroxylation sites is 1. The normalized spacial score (nSPS) is 9.72. The van der Waals surface area contributed by atoms with Gasteiger partial charge < -0.3 is 9.88 Å². The lowest BCUT2D eigenvalue weighted by molar-refractivity contribution is -0.117. The third-order valence-corrected chi connectivity index (χ3v) is 3.02. The van der Waals surface area contributed by atoms with E-state index in [2.05, 4.69) is 42.4 Å². The molecule has 3 heteroatoms. The van der Waals surface area contributed by atoms with Crippen LogP contribution in [-0.4, -0.2) is 29.4 Å². The first-order valence-corrected chi connectivity index (χ1v) is 6.51. The summed E-state index contributed by atoms with van der Waals surface area (Å²) in [5, 5.41) is 1.36. The van der Waals surface area contributed by atoms with Gasteiger partial charge in [-0.1, -0.05) is 25.1 Å². The second-order valence-electron chi connectivity index (χ2n) is 4.04. The highest BCUT2D eigenvalue weighted by Gasteiger charge is 1.97. The van der Waals surface area contributed by atoms with E-state index in [1.807, 2.05) is 13.8 Å². The fraction of sp³-hybridized carbons (Fsp3) is 0.400. The third kappa shape index (κ3) is 3.62. The number of hydrogen-bond donors (Lipinski definition) is 1. The zero-order valence-electron chi connectivity index (χ0n) is 11.4. The van der Waals surface area contributed by atoms with Gasteiger partial charge in [-0.05, 0) is 31.9 Å². The highest BCUT2D eigenvalue weighted by molar-refractivity contribution is 5.82. The van der Waals surface area contributed by atoms with Crippen molar-refractivity contribution in [3.05, 3.63) is 36.0 Å². The van der Waals surface area contributed by atoms with Crippen molar-refractivity contribution in [2.45, 2.75) is 27.2 Å². The van der Waals surface area contributed by atoms with E-state index in [0.29, 0.717) is 0 Å². The molecule has 0 aliphatic rings. The molecule has 0 spiro atoms.